The van der Waals surface area contributed by atoms with E-state index in [1.165, 1.54) is 24.1 Å². The molecule has 2 rings (SSSR count). The van der Waals surface area contributed by atoms with Gasteiger partial charge in [-0.3, -0.25) is 4.68 Å². The van der Waals surface area contributed by atoms with Gasteiger partial charge in [-0.15, -0.1) is 0 Å². The molecule has 1 saturated carbocycles. The van der Waals surface area contributed by atoms with Crippen LogP contribution in [0.4, 0.5) is 0 Å². The van der Waals surface area contributed by atoms with Gasteiger partial charge in [-0.1, -0.05) is 0 Å². The lowest BCUT2D eigenvalue weighted by atomic mass is 10.1. The van der Waals surface area contributed by atoms with Crippen molar-refractivity contribution < 1.29 is 0 Å². The average Bonchev–Trinajstić information content (AvgIpc) is 2.88. The lowest BCUT2D eigenvalue weighted by Crippen LogP contribution is -2.10. The van der Waals surface area contributed by atoms with Gasteiger partial charge in [0.2, 0.25) is 0 Å². The summed E-state index contributed by atoms with van der Waals surface area (Å²) in [4.78, 5) is 0. The van der Waals surface area contributed by atoms with E-state index < -0.39 is 0 Å². The zero-order valence-electron chi connectivity index (χ0n) is 9.25. The minimum atomic E-state index is 0.483. The summed E-state index contributed by atoms with van der Waals surface area (Å²) in [7, 11) is 1.99. The molecule has 78 valence electrons. The van der Waals surface area contributed by atoms with E-state index in [4.69, 9.17) is 0 Å². The van der Waals surface area contributed by atoms with E-state index in [9.17, 15) is 0 Å². The Morgan fingerprint density at radius 3 is 2.79 bits per heavy atom. The van der Waals surface area contributed by atoms with Gasteiger partial charge in [0.25, 0.3) is 0 Å². The second-order valence-corrected chi connectivity index (χ2v) is 4.40. The summed E-state index contributed by atoms with van der Waals surface area (Å²) in [5.41, 5.74) is 2.85. The largest absolute Gasteiger partial charge is 0.316 e. The number of nitrogens with zero attached hydrogens (tertiary/aromatic N) is 2. The standard InChI is InChI=1S/C11H19N3/c1-8(2)14-11(9-4-5-9)10(6-12-3)7-13-14/h7-9,12H,4-6H2,1-3H3. The van der Waals surface area contributed by atoms with Gasteiger partial charge < -0.3 is 5.32 Å². The highest BCUT2D eigenvalue weighted by Crippen LogP contribution is 2.42. The van der Waals surface area contributed by atoms with Crippen molar-refractivity contribution in [1.82, 2.24) is 15.1 Å². The smallest absolute Gasteiger partial charge is 0.0537 e. The first kappa shape index (κ1) is 9.71. The molecule has 0 spiro atoms. The first-order chi connectivity index (χ1) is 6.74. The van der Waals surface area contributed by atoms with Crippen molar-refractivity contribution in [1.29, 1.82) is 0 Å². The van der Waals surface area contributed by atoms with Crippen LogP contribution in [0.3, 0.4) is 0 Å². The van der Waals surface area contributed by atoms with Crippen molar-refractivity contribution in [3.63, 3.8) is 0 Å². The fourth-order valence-electron chi connectivity index (χ4n) is 1.95. The average molecular weight is 193 g/mol. The van der Waals surface area contributed by atoms with Crippen LogP contribution in [-0.4, -0.2) is 16.8 Å². The van der Waals surface area contributed by atoms with Crippen LogP contribution in [-0.2, 0) is 6.54 Å². The number of rotatable bonds is 4. The molecule has 0 bridgehead atoms. The predicted molar refractivity (Wildman–Crippen MR) is 57.4 cm³/mol. The van der Waals surface area contributed by atoms with Crippen molar-refractivity contribution in [2.24, 2.45) is 0 Å². The lowest BCUT2D eigenvalue weighted by Gasteiger charge is -2.11. The van der Waals surface area contributed by atoms with Gasteiger partial charge in [0, 0.05) is 29.8 Å². The van der Waals surface area contributed by atoms with Crippen LogP contribution in [0.5, 0.6) is 0 Å². The van der Waals surface area contributed by atoms with Crippen molar-refractivity contribution in [3.8, 4) is 0 Å². The second-order valence-electron chi connectivity index (χ2n) is 4.40. The molecule has 0 aromatic carbocycles. The minimum absolute atomic E-state index is 0.483. The van der Waals surface area contributed by atoms with Crippen LogP contribution < -0.4 is 5.32 Å². The number of nitrogens with one attached hydrogen (secondary N) is 1. The summed E-state index contributed by atoms with van der Waals surface area (Å²) in [5, 5.41) is 7.68. The van der Waals surface area contributed by atoms with E-state index >= 15 is 0 Å². The molecule has 14 heavy (non-hydrogen) atoms. The highest BCUT2D eigenvalue weighted by molar-refractivity contribution is 5.26. The number of hydrogen-bond donors (Lipinski definition) is 1. The molecule has 0 unspecified atom stereocenters. The monoisotopic (exact) mass is 193 g/mol. The maximum atomic E-state index is 4.47. The topological polar surface area (TPSA) is 29.9 Å². The van der Waals surface area contributed by atoms with Gasteiger partial charge in [-0.2, -0.15) is 5.10 Å². The molecule has 1 fully saturated rings. The van der Waals surface area contributed by atoms with Gasteiger partial charge in [0.05, 0.1) is 6.20 Å². The first-order valence-corrected chi connectivity index (χ1v) is 5.45. The molecule has 1 aliphatic carbocycles. The summed E-state index contributed by atoms with van der Waals surface area (Å²) in [6.07, 6.45) is 4.70. The lowest BCUT2D eigenvalue weighted by molar-refractivity contribution is 0.508. The van der Waals surface area contributed by atoms with Gasteiger partial charge in [0.15, 0.2) is 0 Å². The zero-order chi connectivity index (χ0) is 10.1. The summed E-state index contributed by atoms with van der Waals surface area (Å²) < 4.78 is 2.18. The van der Waals surface area contributed by atoms with Gasteiger partial charge >= 0.3 is 0 Å². The molecule has 0 saturated heterocycles. The molecule has 1 aromatic heterocycles. The maximum absolute atomic E-state index is 4.47. The predicted octanol–water partition coefficient (Wildman–Crippen LogP) is 2.06. The molecule has 3 heteroatoms. The van der Waals surface area contributed by atoms with E-state index in [-0.39, 0.29) is 0 Å². The maximum Gasteiger partial charge on any atom is 0.0537 e. The molecule has 3 nitrogen and oxygen atoms in total. The van der Waals surface area contributed by atoms with E-state index in [1.54, 1.807) is 0 Å². The second kappa shape index (κ2) is 3.73. The summed E-state index contributed by atoms with van der Waals surface area (Å²) in [5.74, 6) is 0.781. The van der Waals surface area contributed by atoms with E-state index in [0.29, 0.717) is 6.04 Å². The molecular formula is C11H19N3. The van der Waals surface area contributed by atoms with Crippen molar-refractivity contribution in [2.45, 2.75) is 45.2 Å². The SMILES string of the molecule is CNCc1cnn(C(C)C)c1C1CC1. The van der Waals surface area contributed by atoms with Crippen LogP contribution in [0.2, 0.25) is 0 Å². The Balaban J connectivity index is 2.31. The Labute approximate surface area is 85.5 Å². The van der Waals surface area contributed by atoms with Crippen LogP contribution >= 0.6 is 0 Å². The number of hydrogen-bond acceptors (Lipinski definition) is 2. The first-order valence-electron chi connectivity index (χ1n) is 5.45. The van der Waals surface area contributed by atoms with Crippen molar-refractivity contribution in [3.05, 3.63) is 17.5 Å². The molecule has 1 aromatic rings. The van der Waals surface area contributed by atoms with Crippen LogP contribution in [0.25, 0.3) is 0 Å². The Hall–Kier alpha value is -0.830. The third-order valence-electron chi connectivity index (χ3n) is 2.73. The van der Waals surface area contributed by atoms with Crippen LogP contribution in [0, 0.1) is 0 Å². The Morgan fingerprint density at radius 1 is 1.57 bits per heavy atom. The number of aromatic nitrogens is 2. The van der Waals surface area contributed by atoms with E-state index in [0.717, 1.165) is 12.5 Å². The Kier molecular flexibility index (Phi) is 2.59. The highest BCUT2D eigenvalue weighted by Gasteiger charge is 2.30. The molecule has 1 N–H and O–H groups in total. The molecule has 1 aliphatic rings. The zero-order valence-corrected chi connectivity index (χ0v) is 9.25. The normalized spacial score (nSPS) is 16.6. The van der Waals surface area contributed by atoms with Crippen LogP contribution in [0.15, 0.2) is 6.20 Å². The Bertz CT molecular complexity index is 310. The molecule has 0 amide bonds. The summed E-state index contributed by atoms with van der Waals surface area (Å²) in [6, 6.07) is 0.483. The highest BCUT2D eigenvalue weighted by atomic mass is 15.3. The minimum Gasteiger partial charge on any atom is -0.316 e. The fourth-order valence-corrected chi connectivity index (χ4v) is 1.95. The quantitative estimate of drug-likeness (QED) is 0.793. The van der Waals surface area contributed by atoms with Crippen molar-refractivity contribution >= 4 is 0 Å². The molecule has 1 heterocycles. The van der Waals surface area contributed by atoms with Crippen LogP contribution in [0.1, 0.15) is 49.9 Å². The third kappa shape index (κ3) is 1.69. The van der Waals surface area contributed by atoms with Gasteiger partial charge in [0.1, 0.15) is 0 Å². The van der Waals surface area contributed by atoms with Crippen molar-refractivity contribution in [2.75, 3.05) is 7.05 Å². The van der Waals surface area contributed by atoms with Gasteiger partial charge in [-0.25, -0.2) is 0 Å². The Morgan fingerprint density at radius 2 is 2.29 bits per heavy atom. The molecule has 0 radical (unpaired) electrons. The van der Waals surface area contributed by atoms with E-state index in [2.05, 4.69) is 28.9 Å². The van der Waals surface area contributed by atoms with Gasteiger partial charge in [-0.05, 0) is 33.7 Å². The summed E-state index contributed by atoms with van der Waals surface area (Å²) >= 11 is 0. The molecular weight excluding hydrogens is 174 g/mol. The molecule has 0 aliphatic heterocycles. The summed E-state index contributed by atoms with van der Waals surface area (Å²) in [6.45, 7) is 5.34. The third-order valence-corrected chi connectivity index (χ3v) is 2.73. The van der Waals surface area contributed by atoms with E-state index in [1.807, 2.05) is 13.2 Å². The molecule has 0 atom stereocenters. The fraction of sp³-hybridized carbons (Fsp3) is 0.727.